The van der Waals surface area contributed by atoms with E-state index >= 15 is 0 Å². The van der Waals surface area contributed by atoms with Crippen molar-refractivity contribution in [2.45, 2.75) is 66.8 Å². The molecule has 0 saturated carbocycles. The Balaban J connectivity index is 2.45. The van der Waals surface area contributed by atoms with Gasteiger partial charge >= 0.3 is 0 Å². The summed E-state index contributed by atoms with van der Waals surface area (Å²) < 4.78 is 5.70. The average molecular weight is 267 g/mol. The molecule has 4 heteroatoms. The Kier molecular flexibility index (Phi) is 5.13. The number of rotatable bonds is 5. The third-order valence-electron chi connectivity index (χ3n) is 3.46. The predicted molar refractivity (Wildman–Crippen MR) is 78.1 cm³/mol. The van der Waals surface area contributed by atoms with E-state index in [4.69, 9.17) is 4.42 Å². The van der Waals surface area contributed by atoms with Crippen molar-refractivity contribution in [1.29, 1.82) is 0 Å². The molecule has 0 aliphatic rings. The van der Waals surface area contributed by atoms with Crippen LogP contribution in [0.3, 0.4) is 0 Å². The maximum Gasteiger partial charge on any atom is 0.217 e. The minimum absolute atomic E-state index is 0.129. The third kappa shape index (κ3) is 6.19. The molecule has 1 aromatic rings. The van der Waals surface area contributed by atoms with Crippen LogP contribution in [0.2, 0.25) is 0 Å². The Bertz CT molecular complexity index is 385. The monoisotopic (exact) mass is 267 g/mol. The van der Waals surface area contributed by atoms with E-state index in [9.17, 15) is 0 Å². The normalized spacial score (nSPS) is 14.7. The minimum atomic E-state index is 0.129. The van der Waals surface area contributed by atoms with Gasteiger partial charge in [-0.2, -0.15) is 0 Å². The van der Waals surface area contributed by atoms with Gasteiger partial charge < -0.3 is 9.73 Å². The van der Waals surface area contributed by atoms with Gasteiger partial charge in [-0.1, -0.05) is 27.7 Å². The van der Waals surface area contributed by atoms with E-state index in [1.54, 1.807) is 0 Å². The summed E-state index contributed by atoms with van der Waals surface area (Å²) in [5, 5.41) is 11.7. The lowest BCUT2D eigenvalue weighted by Crippen LogP contribution is -2.37. The van der Waals surface area contributed by atoms with Gasteiger partial charge in [-0.15, -0.1) is 10.2 Å². The Morgan fingerprint density at radius 2 is 1.63 bits per heavy atom. The van der Waals surface area contributed by atoms with Gasteiger partial charge in [0.2, 0.25) is 11.8 Å². The lowest BCUT2D eigenvalue weighted by atomic mass is 9.80. The Labute approximate surface area is 117 Å². The summed E-state index contributed by atoms with van der Waals surface area (Å²) in [5.41, 5.74) is 0.395. The van der Waals surface area contributed by atoms with Crippen molar-refractivity contribution in [3.8, 4) is 0 Å². The molecule has 0 bridgehead atoms. The summed E-state index contributed by atoms with van der Waals surface area (Å²) >= 11 is 0. The van der Waals surface area contributed by atoms with E-state index in [1.807, 2.05) is 0 Å². The van der Waals surface area contributed by atoms with Crippen molar-refractivity contribution in [3.63, 3.8) is 0 Å². The molecule has 0 aliphatic carbocycles. The number of aromatic nitrogens is 2. The largest absolute Gasteiger partial charge is 0.425 e. The van der Waals surface area contributed by atoms with Crippen LogP contribution in [0.15, 0.2) is 4.42 Å². The van der Waals surface area contributed by atoms with Crippen LogP contribution in [0.5, 0.6) is 0 Å². The average Bonchev–Trinajstić information content (AvgIpc) is 2.62. The van der Waals surface area contributed by atoms with Crippen LogP contribution in [0.25, 0.3) is 0 Å². The molecular formula is C15H29N3O. The highest BCUT2D eigenvalue weighted by Gasteiger charge is 2.22. The van der Waals surface area contributed by atoms with E-state index in [0.717, 1.165) is 31.2 Å². The number of nitrogens with zero attached hydrogens (tertiary/aromatic N) is 2. The molecule has 1 rings (SSSR count). The highest BCUT2D eigenvalue weighted by atomic mass is 16.4. The number of nitrogens with one attached hydrogen (secondary N) is 1. The van der Waals surface area contributed by atoms with Crippen LogP contribution in [0, 0.1) is 11.3 Å². The zero-order chi connectivity index (χ0) is 14.7. The maximum atomic E-state index is 5.70. The van der Waals surface area contributed by atoms with Crippen molar-refractivity contribution in [2.24, 2.45) is 11.3 Å². The van der Waals surface area contributed by atoms with Gasteiger partial charge in [0.1, 0.15) is 0 Å². The second-order valence-electron chi connectivity index (χ2n) is 7.49. The van der Waals surface area contributed by atoms with Gasteiger partial charge in [-0.25, -0.2) is 0 Å². The molecule has 1 atom stereocenters. The van der Waals surface area contributed by atoms with Gasteiger partial charge in [0.25, 0.3) is 0 Å². The number of hydrogen-bond donors (Lipinski definition) is 1. The van der Waals surface area contributed by atoms with Gasteiger partial charge in [-0.05, 0) is 32.1 Å². The minimum Gasteiger partial charge on any atom is -0.425 e. The van der Waals surface area contributed by atoms with Gasteiger partial charge in [-0.3, -0.25) is 0 Å². The molecule has 0 aliphatic heterocycles. The molecule has 0 aromatic carbocycles. The first-order valence-corrected chi connectivity index (χ1v) is 7.14. The van der Waals surface area contributed by atoms with E-state index < -0.39 is 0 Å². The molecule has 19 heavy (non-hydrogen) atoms. The van der Waals surface area contributed by atoms with Crippen LogP contribution in [0.4, 0.5) is 0 Å². The van der Waals surface area contributed by atoms with Crippen molar-refractivity contribution in [3.05, 3.63) is 11.8 Å². The summed E-state index contributed by atoms with van der Waals surface area (Å²) in [6.45, 7) is 16.3. The predicted octanol–water partition coefficient (Wildman–Crippen LogP) is 3.22. The molecule has 1 aromatic heterocycles. The van der Waals surface area contributed by atoms with Gasteiger partial charge in [0, 0.05) is 24.9 Å². The SMILES string of the molecule is CC(Cc1nnc(CCNC(C)(C)C)o1)C(C)(C)C. The summed E-state index contributed by atoms with van der Waals surface area (Å²) in [5.74, 6) is 2.01. The highest BCUT2D eigenvalue weighted by molar-refractivity contribution is 4.87. The smallest absolute Gasteiger partial charge is 0.217 e. The summed E-state index contributed by atoms with van der Waals surface area (Å²) in [7, 11) is 0. The number of hydrogen-bond acceptors (Lipinski definition) is 4. The fourth-order valence-corrected chi connectivity index (χ4v) is 1.58. The molecule has 0 amide bonds. The third-order valence-corrected chi connectivity index (χ3v) is 3.46. The van der Waals surface area contributed by atoms with Crippen molar-refractivity contribution in [1.82, 2.24) is 15.5 Å². The zero-order valence-electron chi connectivity index (χ0n) is 13.5. The first kappa shape index (κ1) is 16.2. The van der Waals surface area contributed by atoms with E-state index in [-0.39, 0.29) is 11.0 Å². The molecule has 0 saturated heterocycles. The zero-order valence-corrected chi connectivity index (χ0v) is 13.5. The molecule has 110 valence electrons. The summed E-state index contributed by atoms with van der Waals surface area (Å²) in [4.78, 5) is 0. The van der Waals surface area contributed by atoms with Gasteiger partial charge in [0.05, 0.1) is 0 Å². The Morgan fingerprint density at radius 1 is 1.05 bits per heavy atom. The lowest BCUT2D eigenvalue weighted by Gasteiger charge is -2.25. The Hall–Kier alpha value is -0.900. The lowest BCUT2D eigenvalue weighted by molar-refractivity contribution is 0.243. The quantitative estimate of drug-likeness (QED) is 0.890. The second-order valence-corrected chi connectivity index (χ2v) is 7.49. The molecule has 1 unspecified atom stereocenters. The summed E-state index contributed by atoms with van der Waals surface area (Å²) in [6.07, 6.45) is 1.64. The fourth-order valence-electron chi connectivity index (χ4n) is 1.58. The fraction of sp³-hybridized carbons (Fsp3) is 0.867. The van der Waals surface area contributed by atoms with Crippen LogP contribution < -0.4 is 5.32 Å². The van der Waals surface area contributed by atoms with Crippen LogP contribution >= 0.6 is 0 Å². The topological polar surface area (TPSA) is 51.0 Å². The molecule has 1 heterocycles. The molecule has 0 radical (unpaired) electrons. The van der Waals surface area contributed by atoms with Crippen LogP contribution in [-0.2, 0) is 12.8 Å². The maximum absolute atomic E-state index is 5.70. The molecule has 0 spiro atoms. The van der Waals surface area contributed by atoms with Crippen LogP contribution in [-0.4, -0.2) is 22.3 Å². The van der Waals surface area contributed by atoms with Gasteiger partial charge in [0.15, 0.2) is 0 Å². The van der Waals surface area contributed by atoms with Crippen LogP contribution in [0.1, 0.15) is 60.2 Å². The highest BCUT2D eigenvalue weighted by Crippen LogP contribution is 2.28. The van der Waals surface area contributed by atoms with Crippen molar-refractivity contribution in [2.75, 3.05) is 6.54 Å². The molecule has 4 nitrogen and oxygen atoms in total. The second kappa shape index (κ2) is 6.04. The van der Waals surface area contributed by atoms with E-state index in [1.165, 1.54) is 0 Å². The first-order valence-electron chi connectivity index (χ1n) is 7.14. The molecular weight excluding hydrogens is 238 g/mol. The standard InChI is InChI=1S/C15H29N3O/c1-11(14(2,3)4)10-13-18-17-12(19-13)8-9-16-15(5,6)7/h11,16H,8-10H2,1-7H3. The van der Waals surface area contributed by atoms with E-state index in [0.29, 0.717) is 5.92 Å². The van der Waals surface area contributed by atoms with E-state index in [2.05, 4.69) is 64.0 Å². The summed E-state index contributed by atoms with van der Waals surface area (Å²) in [6, 6.07) is 0. The Morgan fingerprint density at radius 3 is 2.16 bits per heavy atom. The molecule has 0 fully saturated rings. The van der Waals surface area contributed by atoms with Crippen molar-refractivity contribution >= 4 is 0 Å². The van der Waals surface area contributed by atoms with Crippen molar-refractivity contribution < 1.29 is 4.42 Å². The first-order chi connectivity index (χ1) is 8.58. The molecule has 1 N–H and O–H groups in total.